The fraction of sp³-hybridized carbons (Fsp3) is 0.786. The molecule has 0 bridgehead atoms. The molecule has 2 rings (SSSR count). The van der Waals surface area contributed by atoms with Crippen LogP contribution >= 0.6 is 0 Å². The second kappa shape index (κ2) is 7.18. The van der Waals surface area contributed by atoms with E-state index < -0.39 is 12.1 Å². The van der Waals surface area contributed by atoms with Gasteiger partial charge in [0.05, 0.1) is 0 Å². The van der Waals surface area contributed by atoms with Gasteiger partial charge in [0.2, 0.25) is 5.91 Å². The average Bonchev–Trinajstić information content (AvgIpc) is 2.99. The highest BCUT2D eigenvalue weighted by atomic mass is 19.4. The SMILES string of the molecule is CCCC(=O)N(CC)C1CCN(c2noc(C(F)(F)F)n2)CC1. The molecular formula is C14H21F3N4O2. The average molecular weight is 334 g/mol. The van der Waals surface area contributed by atoms with Crippen LogP contribution in [0.1, 0.15) is 45.4 Å². The van der Waals surface area contributed by atoms with Gasteiger partial charge >= 0.3 is 12.1 Å². The molecular weight excluding hydrogens is 313 g/mol. The Morgan fingerprint density at radius 3 is 2.48 bits per heavy atom. The van der Waals surface area contributed by atoms with Crippen LogP contribution in [-0.4, -0.2) is 46.6 Å². The van der Waals surface area contributed by atoms with E-state index in [1.54, 1.807) is 4.90 Å². The van der Waals surface area contributed by atoms with Crippen LogP contribution in [0.4, 0.5) is 19.1 Å². The van der Waals surface area contributed by atoms with Crippen molar-refractivity contribution in [2.24, 2.45) is 0 Å². The van der Waals surface area contributed by atoms with Gasteiger partial charge in [0.25, 0.3) is 5.95 Å². The summed E-state index contributed by atoms with van der Waals surface area (Å²) in [5.74, 6) is -1.24. The van der Waals surface area contributed by atoms with Crippen LogP contribution in [0.15, 0.2) is 4.52 Å². The molecule has 1 aromatic rings. The van der Waals surface area contributed by atoms with Gasteiger partial charge in [-0.1, -0.05) is 6.92 Å². The van der Waals surface area contributed by atoms with Crippen LogP contribution in [-0.2, 0) is 11.0 Å². The number of rotatable bonds is 5. The Balaban J connectivity index is 1.95. The fourth-order valence-corrected chi connectivity index (χ4v) is 2.83. The quantitative estimate of drug-likeness (QED) is 0.828. The number of amides is 1. The summed E-state index contributed by atoms with van der Waals surface area (Å²) < 4.78 is 41.7. The molecule has 0 N–H and O–H groups in total. The van der Waals surface area contributed by atoms with Gasteiger partial charge in [-0.3, -0.25) is 4.79 Å². The molecule has 1 aromatic heterocycles. The van der Waals surface area contributed by atoms with Crippen LogP contribution in [0.5, 0.6) is 0 Å². The number of aromatic nitrogens is 2. The molecule has 0 atom stereocenters. The zero-order valence-electron chi connectivity index (χ0n) is 13.3. The van der Waals surface area contributed by atoms with E-state index in [4.69, 9.17) is 0 Å². The summed E-state index contributed by atoms with van der Waals surface area (Å²) in [5.41, 5.74) is 0. The molecule has 0 radical (unpaired) electrons. The Kier molecular flexibility index (Phi) is 5.48. The van der Waals surface area contributed by atoms with E-state index in [1.807, 2.05) is 18.7 Å². The summed E-state index contributed by atoms with van der Waals surface area (Å²) in [7, 11) is 0. The van der Waals surface area contributed by atoms with Crippen LogP contribution in [0.2, 0.25) is 0 Å². The Labute approximate surface area is 132 Å². The Bertz CT molecular complexity index is 524. The molecule has 1 fully saturated rings. The van der Waals surface area contributed by atoms with Crippen molar-refractivity contribution in [3.8, 4) is 0 Å². The second-order valence-electron chi connectivity index (χ2n) is 5.55. The molecule has 23 heavy (non-hydrogen) atoms. The summed E-state index contributed by atoms with van der Waals surface area (Å²) in [4.78, 5) is 19.0. The van der Waals surface area contributed by atoms with Gasteiger partial charge in [0, 0.05) is 32.1 Å². The standard InChI is InChI=1S/C14H21F3N4O2/c1-3-5-11(22)21(4-2)10-6-8-20(9-7-10)13-18-12(23-19-13)14(15,16)17/h10H,3-9H2,1-2H3. The number of hydrogen-bond donors (Lipinski definition) is 0. The lowest BCUT2D eigenvalue weighted by atomic mass is 10.0. The maximum atomic E-state index is 12.5. The van der Waals surface area contributed by atoms with E-state index in [9.17, 15) is 18.0 Å². The molecule has 0 unspecified atom stereocenters. The summed E-state index contributed by atoms with van der Waals surface area (Å²) in [6, 6.07) is 0.115. The van der Waals surface area contributed by atoms with Gasteiger partial charge in [-0.15, -0.1) is 0 Å². The van der Waals surface area contributed by atoms with E-state index in [-0.39, 0.29) is 17.9 Å². The predicted molar refractivity (Wildman–Crippen MR) is 76.8 cm³/mol. The van der Waals surface area contributed by atoms with Crippen molar-refractivity contribution in [2.45, 2.75) is 51.7 Å². The maximum absolute atomic E-state index is 12.5. The Morgan fingerprint density at radius 1 is 1.35 bits per heavy atom. The first-order valence-electron chi connectivity index (χ1n) is 7.82. The highest BCUT2D eigenvalue weighted by Crippen LogP contribution is 2.29. The number of halogens is 3. The molecule has 6 nitrogen and oxygen atoms in total. The Morgan fingerprint density at radius 2 is 2.00 bits per heavy atom. The van der Waals surface area contributed by atoms with Crippen LogP contribution in [0, 0.1) is 0 Å². The number of hydrogen-bond acceptors (Lipinski definition) is 5. The lowest BCUT2D eigenvalue weighted by Crippen LogP contribution is -2.47. The summed E-state index contributed by atoms with van der Waals surface area (Å²) in [6.07, 6.45) is -1.95. The number of carbonyl (C=O) groups is 1. The molecule has 0 saturated carbocycles. The molecule has 130 valence electrons. The van der Waals surface area contributed by atoms with Crippen molar-refractivity contribution >= 4 is 11.9 Å². The van der Waals surface area contributed by atoms with Gasteiger partial charge in [-0.25, -0.2) is 0 Å². The highest BCUT2D eigenvalue weighted by molar-refractivity contribution is 5.76. The first-order valence-corrected chi connectivity index (χ1v) is 7.82. The van der Waals surface area contributed by atoms with Crippen molar-refractivity contribution in [1.82, 2.24) is 15.0 Å². The minimum atomic E-state index is -4.63. The monoisotopic (exact) mass is 334 g/mol. The van der Waals surface area contributed by atoms with Gasteiger partial charge in [-0.2, -0.15) is 18.2 Å². The van der Waals surface area contributed by atoms with Crippen LogP contribution < -0.4 is 4.90 Å². The predicted octanol–water partition coefficient (Wildman–Crippen LogP) is 2.71. The molecule has 1 amide bonds. The van der Waals surface area contributed by atoms with Gasteiger partial charge in [0.1, 0.15) is 0 Å². The minimum absolute atomic E-state index is 0.0429. The van der Waals surface area contributed by atoms with Crippen molar-refractivity contribution in [3.63, 3.8) is 0 Å². The van der Waals surface area contributed by atoms with Crippen molar-refractivity contribution in [2.75, 3.05) is 24.5 Å². The first-order chi connectivity index (χ1) is 10.9. The van der Waals surface area contributed by atoms with E-state index in [1.165, 1.54) is 0 Å². The largest absolute Gasteiger partial charge is 0.471 e. The van der Waals surface area contributed by atoms with E-state index >= 15 is 0 Å². The molecule has 2 heterocycles. The number of anilines is 1. The first kappa shape index (κ1) is 17.6. The van der Waals surface area contributed by atoms with Crippen LogP contribution in [0.25, 0.3) is 0 Å². The molecule has 1 saturated heterocycles. The van der Waals surface area contributed by atoms with Gasteiger partial charge in [0.15, 0.2) is 0 Å². The third kappa shape index (κ3) is 4.14. The fourth-order valence-electron chi connectivity index (χ4n) is 2.83. The Hall–Kier alpha value is -1.80. The van der Waals surface area contributed by atoms with Crippen molar-refractivity contribution in [3.05, 3.63) is 5.89 Å². The number of alkyl halides is 3. The summed E-state index contributed by atoms with van der Waals surface area (Å²) >= 11 is 0. The molecule has 0 spiro atoms. The number of carbonyl (C=O) groups excluding carboxylic acids is 1. The zero-order valence-corrected chi connectivity index (χ0v) is 13.3. The smallest absolute Gasteiger partial charge is 0.340 e. The summed E-state index contributed by atoms with van der Waals surface area (Å²) in [5, 5.41) is 3.40. The lowest BCUT2D eigenvalue weighted by Gasteiger charge is -2.37. The van der Waals surface area contributed by atoms with E-state index in [0.717, 1.165) is 6.42 Å². The minimum Gasteiger partial charge on any atom is -0.340 e. The summed E-state index contributed by atoms with van der Waals surface area (Å²) in [6.45, 7) is 5.54. The normalized spacial score (nSPS) is 16.7. The molecule has 9 heteroatoms. The molecule has 1 aliphatic heterocycles. The van der Waals surface area contributed by atoms with Crippen molar-refractivity contribution in [1.29, 1.82) is 0 Å². The number of piperidine rings is 1. The topological polar surface area (TPSA) is 62.5 Å². The van der Waals surface area contributed by atoms with Gasteiger partial charge < -0.3 is 14.3 Å². The lowest BCUT2D eigenvalue weighted by molar-refractivity contribution is -0.159. The van der Waals surface area contributed by atoms with Crippen LogP contribution in [0.3, 0.4) is 0 Å². The zero-order chi connectivity index (χ0) is 17.0. The molecule has 0 aromatic carbocycles. The molecule has 0 aliphatic carbocycles. The van der Waals surface area contributed by atoms with E-state index in [2.05, 4.69) is 14.7 Å². The third-order valence-electron chi connectivity index (χ3n) is 3.97. The molecule has 1 aliphatic rings. The number of nitrogens with zero attached hydrogens (tertiary/aromatic N) is 4. The highest BCUT2D eigenvalue weighted by Gasteiger charge is 2.39. The van der Waals surface area contributed by atoms with Crippen molar-refractivity contribution < 1.29 is 22.5 Å². The maximum Gasteiger partial charge on any atom is 0.471 e. The third-order valence-corrected chi connectivity index (χ3v) is 3.97. The van der Waals surface area contributed by atoms with E-state index in [0.29, 0.717) is 38.9 Å². The van der Waals surface area contributed by atoms with Gasteiger partial charge in [-0.05, 0) is 31.3 Å². The second-order valence-corrected chi connectivity index (χ2v) is 5.55.